The second-order valence-electron chi connectivity index (χ2n) is 8.13. The van der Waals surface area contributed by atoms with E-state index in [1.54, 1.807) is 11.8 Å². The first-order valence-electron chi connectivity index (χ1n) is 10.6. The number of piperidine rings is 1. The van der Waals surface area contributed by atoms with Crippen LogP contribution >= 0.6 is 0 Å². The Morgan fingerprint density at radius 2 is 1.97 bits per heavy atom. The molecular formula is C23H28N2O5. The maximum absolute atomic E-state index is 13.9. The third kappa shape index (κ3) is 3.16. The van der Waals surface area contributed by atoms with Gasteiger partial charge in [-0.25, -0.2) is 4.79 Å². The number of hydrogen-bond donors (Lipinski definition) is 0. The minimum atomic E-state index is -0.878. The van der Waals surface area contributed by atoms with E-state index in [9.17, 15) is 14.4 Å². The van der Waals surface area contributed by atoms with Crippen LogP contribution in [0.15, 0.2) is 42.1 Å². The number of hydrogen-bond acceptors (Lipinski definition) is 5. The zero-order valence-corrected chi connectivity index (χ0v) is 17.5. The number of carbonyl (C=O) groups excluding carboxylic acids is 3. The van der Waals surface area contributed by atoms with E-state index >= 15 is 0 Å². The molecule has 0 saturated carbocycles. The van der Waals surface area contributed by atoms with Gasteiger partial charge in [-0.2, -0.15) is 0 Å². The van der Waals surface area contributed by atoms with E-state index in [0.29, 0.717) is 44.6 Å². The molecule has 2 aliphatic heterocycles. The molecule has 30 heavy (non-hydrogen) atoms. The van der Waals surface area contributed by atoms with E-state index in [4.69, 9.17) is 9.47 Å². The number of carbonyl (C=O) groups is 3. The van der Waals surface area contributed by atoms with Crippen molar-refractivity contribution in [2.75, 3.05) is 26.8 Å². The molecule has 7 nitrogen and oxygen atoms in total. The monoisotopic (exact) mass is 412 g/mol. The van der Waals surface area contributed by atoms with Gasteiger partial charge < -0.3 is 14.4 Å². The van der Waals surface area contributed by atoms with Gasteiger partial charge in [-0.1, -0.05) is 36.4 Å². The molecule has 0 aromatic heterocycles. The van der Waals surface area contributed by atoms with E-state index in [0.717, 1.165) is 5.56 Å². The molecule has 0 radical (unpaired) electrons. The van der Waals surface area contributed by atoms with Crippen LogP contribution in [0.1, 0.15) is 31.7 Å². The Bertz CT molecular complexity index is 868. The average Bonchev–Trinajstić information content (AvgIpc) is 3.16. The molecule has 2 fully saturated rings. The van der Waals surface area contributed by atoms with Crippen molar-refractivity contribution in [2.45, 2.75) is 32.7 Å². The van der Waals surface area contributed by atoms with Gasteiger partial charge in [0.05, 0.1) is 25.0 Å². The molecule has 2 heterocycles. The molecule has 3 atom stereocenters. The Morgan fingerprint density at radius 3 is 2.67 bits per heavy atom. The summed E-state index contributed by atoms with van der Waals surface area (Å²) in [4.78, 5) is 42.5. The first kappa shape index (κ1) is 20.4. The van der Waals surface area contributed by atoms with E-state index in [2.05, 4.69) is 0 Å². The summed E-state index contributed by atoms with van der Waals surface area (Å²) < 4.78 is 10.3. The van der Waals surface area contributed by atoms with E-state index in [1.165, 1.54) is 7.11 Å². The maximum Gasteiger partial charge on any atom is 0.414 e. The molecule has 160 valence electrons. The molecule has 0 N–H and O–H groups in total. The van der Waals surface area contributed by atoms with Crippen LogP contribution in [0.2, 0.25) is 0 Å². The quantitative estimate of drug-likeness (QED) is 0.711. The third-order valence-electron chi connectivity index (χ3n) is 6.75. The summed E-state index contributed by atoms with van der Waals surface area (Å²) in [6.07, 6.45) is 3.12. The van der Waals surface area contributed by atoms with E-state index < -0.39 is 11.5 Å². The number of benzene rings is 1. The molecule has 3 aliphatic rings. The van der Waals surface area contributed by atoms with Gasteiger partial charge in [-0.05, 0) is 37.7 Å². The highest BCUT2D eigenvalue weighted by Gasteiger charge is 2.62. The first-order valence-corrected chi connectivity index (χ1v) is 10.6. The van der Waals surface area contributed by atoms with Gasteiger partial charge in [-0.3, -0.25) is 14.5 Å². The van der Waals surface area contributed by atoms with Crippen LogP contribution in [0.5, 0.6) is 0 Å². The smallest absolute Gasteiger partial charge is 0.414 e. The number of rotatable bonds is 4. The summed E-state index contributed by atoms with van der Waals surface area (Å²) in [6.45, 7) is 3.56. The Labute approximate surface area is 176 Å². The standard InChI is InChI=1S/C23H28N2O5/c1-3-30-22(28)25-14-12-23-18(17(20(26)29-2)9-10-19(23)25)11-13-24(21(23)27)15-16-7-5-4-6-8-16/h4-8,10,17-18H,3,9,11-15H2,1-2H3/t17-,18+,23+/m1/s1. The van der Waals surface area contributed by atoms with Crippen molar-refractivity contribution in [2.24, 2.45) is 17.3 Å². The summed E-state index contributed by atoms with van der Waals surface area (Å²) in [6, 6.07) is 9.88. The summed E-state index contributed by atoms with van der Waals surface area (Å²) >= 11 is 0. The maximum atomic E-state index is 13.9. The van der Waals surface area contributed by atoms with Crippen molar-refractivity contribution in [1.29, 1.82) is 0 Å². The van der Waals surface area contributed by atoms with Gasteiger partial charge in [0.2, 0.25) is 5.91 Å². The number of nitrogens with zero attached hydrogens (tertiary/aromatic N) is 2. The number of ether oxygens (including phenoxy) is 2. The summed E-state index contributed by atoms with van der Waals surface area (Å²) in [5, 5.41) is 0. The molecule has 1 aromatic carbocycles. The fourth-order valence-corrected chi connectivity index (χ4v) is 5.45. The van der Waals surface area contributed by atoms with Crippen molar-refractivity contribution >= 4 is 18.0 Å². The molecule has 1 aliphatic carbocycles. The molecular weight excluding hydrogens is 384 g/mol. The van der Waals surface area contributed by atoms with Gasteiger partial charge >= 0.3 is 12.1 Å². The normalized spacial score (nSPS) is 27.8. The lowest BCUT2D eigenvalue weighted by atomic mass is 9.59. The summed E-state index contributed by atoms with van der Waals surface area (Å²) in [5.41, 5.74) is 0.886. The van der Waals surface area contributed by atoms with Gasteiger partial charge in [-0.15, -0.1) is 0 Å². The Hall–Kier alpha value is -2.83. The van der Waals surface area contributed by atoms with Gasteiger partial charge in [0.15, 0.2) is 0 Å². The molecule has 7 heteroatoms. The van der Waals surface area contributed by atoms with Crippen molar-refractivity contribution in [3.8, 4) is 0 Å². The number of likely N-dealkylation sites (tertiary alicyclic amines) is 2. The Balaban J connectivity index is 1.70. The molecule has 4 rings (SSSR count). The molecule has 1 spiro atoms. The van der Waals surface area contributed by atoms with Crippen molar-refractivity contribution in [1.82, 2.24) is 9.80 Å². The number of methoxy groups -OCH3 is 1. The summed E-state index contributed by atoms with van der Waals surface area (Å²) in [5.74, 6) is -0.838. The van der Waals surface area contributed by atoms with Gasteiger partial charge in [0, 0.05) is 25.3 Å². The largest absolute Gasteiger partial charge is 0.469 e. The van der Waals surface area contributed by atoms with Gasteiger partial charge in [0.1, 0.15) is 0 Å². The molecule has 2 amide bonds. The molecule has 2 saturated heterocycles. The van der Waals surface area contributed by atoms with Crippen LogP contribution in [0.4, 0.5) is 4.79 Å². The van der Waals surface area contributed by atoms with E-state index in [-0.39, 0.29) is 30.3 Å². The lowest BCUT2D eigenvalue weighted by molar-refractivity contribution is -0.159. The van der Waals surface area contributed by atoms with Crippen molar-refractivity contribution in [3.05, 3.63) is 47.7 Å². The zero-order chi connectivity index (χ0) is 21.3. The number of allylic oxidation sites excluding steroid dienone is 1. The van der Waals surface area contributed by atoms with E-state index in [1.807, 2.05) is 41.3 Å². The van der Waals surface area contributed by atoms with Crippen LogP contribution in [0.25, 0.3) is 0 Å². The third-order valence-corrected chi connectivity index (χ3v) is 6.75. The first-order chi connectivity index (χ1) is 14.5. The van der Waals surface area contributed by atoms with Crippen LogP contribution < -0.4 is 0 Å². The topological polar surface area (TPSA) is 76.2 Å². The van der Waals surface area contributed by atoms with Crippen LogP contribution in [0, 0.1) is 17.3 Å². The second kappa shape index (κ2) is 8.13. The minimum Gasteiger partial charge on any atom is -0.469 e. The molecule has 0 unspecified atom stereocenters. The number of amides is 2. The lowest BCUT2D eigenvalue weighted by Crippen LogP contribution is -2.57. The highest BCUT2D eigenvalue weighted by molar-refractivity contribution is 5.91. The predicted molar refractivity (Wildman–Crippen MR) is 109 cm³/mol. The van der Waals surface area contributed by atoms with Crippen molar-refractivity contribution in [3.63, 3.8) is 0 Å². The van der Waals surface area contributed by atoms with Gasteiger partial charge in [0.25, 0.3) is 0 Å². The Kier molecular flexibility index (Phi) is 5.54. The highest BCUT2D eigenvalue weighted by Crippen LogP contribution is 2.57. The minimum absolute atomic E-state index is 0.00532. The SMILES string of the molecule is CCOC(=O)N1CC[C@]23C(=O)N(Cc4ccccc4)CC[C@H]2[C@H](C(=O)OC)CC=C13. The summed E-state index contributed by atoms with van der Waals surface area (Å²) in [7, 11) is 1.39. The second-order valence-corrected chi connectivity index (χ2v) is 8.13. The fraction of sp³-hybridized carbons (Fsp3) is 0.522. The fourth-order valence-electron chi connectivity index (χ4n) is 5.45. The van der Waals surface area contributed by atoms with Crippen LogP contribution in [-0.2, 0) is 25.6 Å². The van der Waals surface area contributed by atoms with Crippen LogP contribution in [-0.4, -0.2) is 54.6 Å². The number of esters is 1. The zero-order valence-electron chi connectivity index (χ0n) is 17.5. The van der Waals surface area contributed by atoms with Crippen molar-refractivity contribution < 1.29 is 23.9 Å². The molecule has 0 bridgehead atoms. The molecule has 1 aromatic rings. The van der Waals surface area contributed by atoms with Crippen LogP contribution in [0.3, 0.4) is 0 Å². The predicted octanol–water partition coefficient (Wildman–Crippen LogP) is 2.96. The highest BCUT2D eigenvalue weighted by atomic mass is 16.6. The Morgan fingerprint density at radius 1 is 1.20 bits per heavy atom. The lowest BCUT2D eigenvalue weighted by Gasteiger charge is -2.50. The average molecular weight is 412 g/mol.